The molecule has 37 heavy (non-hydrogen) atoms. The number of ether oxygens (including phenoxy) is 2. The highest BCUT2D eigenvalue weighted by Gasteiger charge is 2.30. The smallest absolute Gasteiger partial charge is 0.309 e. The Kier molecular flexibility index (Phi) is 9.45. The monoisotopic (exact) mass is 551 g/mol. The maximum Gasteiger partial charge on any atom is 0.309 e. The fourth-order valence-electron chi connectivity index (χ4n) is 4.68. The van der Waals surface area contributed by atoms with E-state index in [9.17, 15) is 14.4 Å². The maximum absolute atomic E-state index is 13.4. The fraction of sp³-hybridized carbons (Fsp3) is 0.538. The summed E-state index contributed by atoms with van der Waals surface area (Å²) >= 11 is 12.3. The third-order valence-corrected chi connectivity index (χ3v) is 7.27. The predicted molar refractivity (Wildman–Crippen MR) is 137 cm³/mol. The molecule has 1 atom stereocenters. The fourth-order valence-corrected chi connectivity index (χ4v) is 5.18. The summed E-state index contributed by atoms with van der Waals surface area (Å²) in [5.41, 5.74) is 0.700. The SMILES string of the molecule is CCOC(=O)C1CCN(C(=O)CCN(CC2CCCO2)C(=O)c2cc(-c3ccc(Cl)cc3Cl)on2)CC1. The van der Waals surface area contributed by atoms with E-state index in [1.165, 1.54) is 0 Å². The van der Waals surface area contributed by atoms with Crippen molar-refractivity contribution in [2.75, 3.05) is 39.4 Å². The van der Waals surface area contributed by atoms with Gasteiger partial charge in [0.1, 0.15) is 0 Å². The van der Waals surface area contributed by atoms with Crippen LogP contribution in [0.3, 0.4) is 0 Å². The van der Waals surface area contributed by atoms with Crippen LogP contribution in [0.25, 0.3) is 11.3 Å². The minimum absolute atomic E-state index is 0.0544. The van der Waals surface area contributed by atoms with Gasteiger partial charge in [-0.25, -0.2) is 0 Å². The summed E-state index contributed by atoms with van der Waals surface area (Å²) in [6.45, 7) is 4.37. The molecule has 3 heterocycles. The third-order valence-electron chi connectivity index (χ3n) is 6.72. The van der Waals surface area contributed by atoms with Crippen LogP contribution in [-0.4, -0.2) is 78.2 Å². The number of amides is 2. The summed E-state index contributed by atoms with van der Waals surface area (Å²) in [6, 6.07) is 6.51. The van der Waals surface area contributed by atoms with Gasteiger partial charge >= 0.3 is 5.97 Å². The number of nitrogens with zero attached hydrogens (tertiary/aromatic N) is 3. The number of hydrogen-bond acceptors (Lipinski definition) is 7. The molecule has 0 spiro atoms. The zero-order chi connectivity index (χ0) is 26.4. The summed E-state index contributed by atoms with van der Waals surface area (Å²) < 4.78 is 16.3. The number of hydrogen-bond donors (Lipinski definition) is 0. The Morgan fingerprint density at radius 2 is 1.95 bits per heavy atom. The number of likely N-dealkylation sites (tertiary alicyclic amines) is 1. The number of aromatic nitrogens is 1. The van der Waals surface area contributed by atoms with Gasteiger partial charge in [0.25, 0.3) is 5.91 Å². The number of benzene rings is 1. The lowest BCUT2D eigenvalue weighted by atomic mass is 9.97. The first-order valence-corrected chi connectivity index (χ1v) is 13.4. The third kappa shape index (κ3) is 7.03. The normalized spacial score (nSPS) is 18.1. The van der Waals surface area contributed by atoms with Crippen molar-refractivity contribution in [1.82, 2.24) is 15.0 Å². The zero-order valence-electron chi connectivity index (χ0n) is 20.8. The predicted octanol–water partition coefficient (Wildman–Crippen LogP) is 4.46. The Labute approximate surface area is 225 Å². The molecule has 2 aromatic rings. The zero-order valence-corrected chi connectivity index (χ0v) is 22.3. The Morgan fingerprint density at radius 1 is 1.16 bits per heavy atom. The molecule has 2 aliphatic heterocycles. The number of carbonyl (C=O) groups excluding carboxylic acids is 3. The maximum atomic E-state index is 13.4. The standard InChI is InChI=1S/C26H31Cl2N3O6/c1-2-35-26(34)17-7-10-30(11-8-17)24(32)9-12-31(16-19-4-3-13-36-19)25(33)22-15-23(37-29-22)20-6-5-18(27)14-21(20)28/h5-6,14-15,17,19H,2-4,7-13,16H2,1H3. The highest BCUT2D eigenvalue weighted by atomic mass is 35.5. The largest absolute Gasteiger partial charge is 0.466 e. The quantitative estimate of drug-likeness (QED) is 0.424. The van der Waals surface area contributed by atoms with Gasteiger partial charge in [-0.15, -0.1) is 0 Å². The van der Waals surface area contributed by atoms with Gasteiger partial charge in [-0.05, 0) is 50.8 Å². The van der Waals surface area contributed by atoms with Crippen LogP contribution < -0.4 is 0 Å². The molecule has 0 saturated carbocycles. The molecule has 1 unspecified atom stereocenters. The lowest BCUT2D eigenvalue weighted by Crippen LogP contribution is -2.43. The molecule has 2 fully saturated rings. The Morgan fingerprint density at radius 3 is 2.62 bits per heavy atom. The van der Waals surface area contributed by atoms with Gasteiger partial charge in [-0.1, -0.05) is 28.4 Å². The van der Waals surface area contributed by atoms with E-state index in [1.807, 2.05) is 0 Å². The van der Waals surface area contributed by atoms with Crippen LogP contribution in [0, 0.1) is 5.92 Å². The molecule has 11 heteroatoms. The van der Waals surface area contributed by atoms with Crippen molar-refractivity contribution in [3.63, 3.8) is 0 Å². The van der Waals surface area contributed by atoms with Gasteiger partial charge in [-0.3, -0.25) is 14.4 Å². The molecular weight excluding hydrogens is 521 g/mol. The number of rotatable bonds is 9. The molecule has 200 valence electrons. The molecule has 0 aliphatic carbocycles. The van der Waals surface area contributed by atoms with Crippen LogP contribution in [0.15, 0.2) is 28.8 Å². The topological polar surface area (TPSA) is 102 Å². The van der Waals surface area contributed by atoms with Crippen LogP contribution in [0.1, 0.15) is 49.5 Å². The molecule has 4 rings (SSSR count). The second-order valence-electron chi connectivity index (χ2n) is 9.24. The number of halogens is 2. The molecule has 1 aromatic heterocycles. The number of piperidine rings is 1. The van der Waals surface area contributed by atoms with E-state index in [0.717, 1.165) is 12.8 Å². The number of esters is 1. The second-order valence-corrected chi connectivity index (χ2v) is 10.1. The summed E-state index contributed by atoms with van der Waals surface area (Å²) in [4.78, 5) is 41.7. The molecule has 2 aliphatic rings. The summed E-state index contributed by atoms with van der Waals surface area (Å²) in [7, 11) is 0. The Bertz CT molecular complexity index is 1110. The minimum Gasteiger partial charge on any atom is -0.466 e. The summed E-state index contributed by atoms with van der Waals surface area (Å²) in [5.74, 6) is -0.417. The van der Waals surface area contributed by atoms with E-state index in [1.54, 1.807) is 41.0 Å². The molecule has 0 N–H and O–H groups in total. The van der Waals surface area contributed by atoms with Crippen LogP contribution >= 0.6 is 23.2 Å². The van der Waals surface area contributed by atoms with Crippen molar-refractivity contribution < 1.29 is 28.4 Å². The molecule has 9 nitrogen and oxygen atoms in total. The van der Waals surface area contributed by atoms with Crippen LogP contribution in [-0.2, 0) is 19.1 Å². The van der Waals surface area contributed by atoms with Gasteiger partial charge in [0.15, 0.2) is 11.5 Å². The van der Waals surface area contributed by atoms with Gasteiger partial charge in [0.2, 0.25) is 5.91 Å². The molecule has 2 saturated heterocycles. The average molecular weight is 552 g/mol. The van der Waals surface area contributed by atoms with E-state index in [0.29, 0.717) is 67.1 Å². The van der Waals surface area contributed by atoms with Gasteiger partial charge in [0.05, 0.1) is 23.7 Å². The van der Waals surface area contributed by atoms with Gasteiger partial charge in [0, 0.05) is 55.9 Å². The molecule has 1 aromatic carbocycles. The minimum atomic E-state index is -0.343. The van der Waals surface area contributed by atoms with Crippen molar-refractivity contribution >= 4 is 41.0 Å². The number of carbonyl (C=O) groups is 3. The van der Waals surface area contributed by atoms with Gasteiger partial charge < -0.3 is 23.8 Å². The van der Waals surface area contributed by atoms with E-state index < -0.39 is 0 Å². The van der Waals surface area contributed by atoms with Crippen molar-refractivity contribution in [3.05, 3.63) is 40.0 Å². The van der Waals surface area contributed by atoms with Crippen molar-refractivity contribution in [3.8, 4) is 11.3 Å². The van der Waals surface area contributed by atoms with E-state index >= 15 is 0 Å². The van der Waals surface area contributed by atoms with E-state index in [2.05, 4.69) is 5.16 Å². The Balaban J connectivity index is 1.39. The van der Waals surface area contributed by atoms with Gasteiger partial charge in [-0.2, -0.15) is 0 Å². The van der Waals surface area contributed by atoms with Crippen molar-refractivity contribution in [2.24, 2.45) is 5.92 Å². The Hall–Kier alpha value is -2.62. The highest BCUT2D eigenvalue weighted by molar-refractivity contribution is 6.36. The molecular formula is C26H31Cl2N3O6. The van der Waals surface area contributed by atoms with Crippen LogP contribution in [0.5, 0.6) is 0 Å². The summed E-state index contributed by atoms with van der Waals surface area (Å²) in [5, 5.41) is 4.84. The van der Waals surface area contributed by atoms with Crippen molar-refractivity contribution in [2.45, 2.75) is 45.1 Å². The molecule has 0 bridgehead atoms. The van der Waals surface area contributed by atoms with E-state index in [4.69, 9.17) is 37.2 Å². The van der Waals surface area contributed by atoms with Crippen molar-refractivity contribution in [1.29, 1.82) is 0 Å². The summed E-state index contributed by atoms with van der Waals surface area (Å²) in [6.07, 6.45) is 3.02. The van der Waals surface area contributed by atoms with Crippen LogP contribution in [0.4, 0.5) is 0 Å². The second kappa shape index (κ2) is 12.8. The molecule has 2 amide bonds. The first-order chi connectivity index (χ1) is 17.9. The average Bonchev–Trinajstić information content (AvgIpc) is 3.59. The molecule has 0 radical (unpaired) electrons. The first kappa shape index (κ1) is 27.4. The first-order valence-electron chi connectivity index (χ1n) is 12.6. The lowest BCUT2D eigenvalue weighted by Gasteiger charge is -2.32. The van der Waals surface area contributed by atoms with E-state index in [-0.39, 0.29) is 48.5 Å². The highest BCUT2D eigenvalue weighted by Crippen LogP contribution is 2.31. The van der Waals surface area contributed by atoms with Crippen LogP contribution in [0.2, 0.25) is 10.0 Å². The lowest BCUT2D eigenvalue weighted by molar-refractivity contribution is -0.151.